The Kier molecular flexibility index (Phi) is 5.13. The highest BCUT2D eigenvalue weighted by molar-refractivity contribution is 5.78. The fraction of sp³-hybridized carbons (Fsp3) is 0.692. The molecule has 1 saturated heterocycles. The van der Waals surface area contributed by atoms with Crippen LogP contribution in [0.15, 0.2) is 4.52 Å². The van der Waals surface area contributed by atoms with Gasteiger partial charge in [-0.05, 0) is 19.8 Å². The molecule has 2 amide bonds. The Morgan fingerprint density at radius 3 is 2.71 bits per heavy atom. The Hall–Kier alpha value is -2.12. The van der Waals surface area contributed by atoms with Crippen LogP contribution in [-0.4, -0.2) is 52.8 Å². The molecule has 2 heterocycles. The van der Waals surface area contributed by atoms with Gasteiger partial charge < -0.3 is 19.5 Å². The molecule has 21 heavy (non-hydrogen) atoms. The third-order valence-corrected chi connectivity index (χ3v) is 3.27. The first-order valence-corrected chi connectivity index (χ1v) is 7.08. The number of amides is 2. The molecule has 1 aromatic heterocycles. The van der Waals surface area contributed by atoms with E-state index in [1.54, 1.807) is 18.7 Å². The lowest BCUT2D eigenvalue weighted by Crippen LogP contribution is -2.47. The Labute approximate surface area is 122 Å². The molecule has 8 nitrogen and oxygen atoms in total. The van der Waals surface area contributed by atoms with Crippen molar-refractivity contribution in [1.29, 1.82) is 0 Å². The van der Waals surface area contributed by atoms with E-state index in [0.29, 0.717) is 31.4 Å². The number of hydrogen-bond acceptors (Lipinski definition) is 6. The van der Waals surface area contributed by atoms with Crippen LogP contribution in [0, 0.1) is 6.92 Å². The van der Waals surface area contributed by atoms with Crippen molar-refractivity contribution in [3.8, 4) is 0 Å². The molecule has 116 valence electrons. The number of likely N-dealkylation sites (tertiary alicyclic amines) is 1. The third kappa shape index (κ3) is 4.44. The summed E-state index contributed by atoms with van der Waals surface area (Å²) in [5.74, 6) is 0.694. The minimum atomic E-state index is -0.287. The Morgan fingerprint density at radius 1 is 1.43 bits per heavy atom. The minimum absolute atomic E-state index is 0.0659. The van der Waals surface area contributed by atoms with Crippen molar-refractivity contribution in [2.45, 2.75) is 39.2 Å². The highest BCUT2D eigenvalue weighted by atomic mass is 16.6. The van der Waals surface area contributed by atoms with Crippen LogP contribution in [0.1, 0.15) is 31.5 Å². The zero-order valence-electron chi connectivity index (χ0n) is 12.3. The monoisotopic (exact) mass is 296 g/mol. The third-order valence-electron chi connectivity index (χ3n) is 3.27. The van der Waals surface area contributed by atoms with E-state index in [0.717, 1.165) is 12.8 Å². The summed E-state index contributed by atoms with van der Waals surface area (Å²) in [6.07, 6.45) is 1.26. The number of nitrogens with one attached hydrogen (secondary N) is 1. The number of ether oxygens (including phenoxy) is 1. The van der Waals surface area contributed by atoms with Crippen LogP contribution in [0.2, 0.25) is 0 Å². The molecule has 0 unspecified atom stereocenters. The Balaban J connectivity index is 1.73. The second-order valence-electron chi connectivity index (χ2n) is 4.93. The Bertz CT molecular complexity index is 494. The fourth-order valence-corrected chi connectivity index (χ4v) is 2.26. The fourth-order valence-electron chi connectivity index (χ4n) is 2.26. The molecule has 1 aliphatic rings. The van der Waals surface area contributed by atoms with E-state index in [4.69, 9.17) is 9.26 Å². The summed E-state index contributed by atoms with van der Waals surface area (Å²) >= 11 is 0. The molecule has 0 aliphatic carbocycles. The summed E-state index contributed by atoms with van der Waals surface area (Å²) in [5, 5.41) is 6.62. The van der Waals surface area contributed by atoms with E-state index in [1.807, 2.05) is 0 Å². The van der Waals surface area contributed by atoms with Gasteiger partial charge in [-0.3, -0.25) is 4.79 Å². The van der Waals surface area contributed by atoms with Gasteiger partial charge in [-0.1, -0.05) is 5.16 Å². The van der Waals surface area contributed by atoms with Crippen LogP contribution in [-0.2, 0) is 16.0 Å². The first-order valence-electron chi connectivity index (χ1n) is 7.08. The van der Waals surface area contributed by atoms with Gasteiger partial charge in [0.25, 0.3) is 0 Å². The molecule has 0 bridgehead atoms. The normalized spacial score (nSPS) is 15.8. The van der Waals surface area contributed by atoms with Crippen molar-refractivity contribution in [3.05, 3.63) is 11.7 Å². The van der Waals surface area contributed by atoms with Crippen LogP contribution >= 0.6 is 0 Å². The number of hydrogen-bond donors (Lipinski definition) is 1. The molecule has 2 rings (SSSR count). The number of aromatic nitrogens is 2. The SMILES string of the molecule is CCOC(=O)N1CCC(NC(=O)Cc2noc(C)n2)CC1. The zero-order valence-corrected chi connectivity index (χ0v) is 12.3. The number of carbonyl (C=O) groups is 2. The van der Waals surface area contributed by atoms with Gasteiger partial charge in [0.2, 0.25) is 11.8 Å². The highest BCUT2D eigenvalue weighted by Gasteiger charge is 2.24. The van der Waals surface area contributed by atoms with Crippen LogP contribution in [0.3, 0.4) is 0 Å². The molecule has 1 N–H and O–H groups in total. The van der Waals surface area contributed by atoms with Crippen molar-refractivity contribution in [2.24, 2.45) is 0 Å². The molecular formula is C13H20N4O4. The predicted octanol–water partition coefficient (Wildman–Crippen LogP) is 0.658. The highest BCUT2D eigenvalue weighted by Crippen LogP contribution is 2.11. The summed E-state index contributed by atoms with van der Waals surface area (Å²) in [4.78, 5) is 29.1. The lowest BCUT2D eigenvalue weighted by molar-refractivity contribution is -0.121. The van der Waals surface area contributed by atoms with E-state index in [2.05, 4.69) is 15.5 Å². The molecule has 0 radical (unpaired) electrons. The molecule has 8 heteroatoms. The Morgan fingerprint density at radius 2 is 2.14 bits per heavy atom. The molecule has 1 aliphatic heterocycles. The van der Waals surface area contributed by atoms with Crippen molar-refractivity contribution < 1.29 is 18.8 Å². The average Bonchev–Trinajstić information content (AvgIpc) is 2.85. The number of nitrogens with zero attached hydrogens (tertiary/aromatic N) is 3. The summed E-state index contributed by atoms with van der Waals surface area (Å²) < 4.78 is 9.77. The van der Waals surface area contributed by atoms with Crippen LogP contribution < -0.4 is 5.32 Å². The second-order valence-corrected chi connectivity index (χ2v) is 4.93. The van der Waals surface area contributed by atoms with E-state index < -0.39 is 0 Å². The largest absolute Gasteiger partial charge is 0.450 e. The van der Waals surface area contributed by atoms with E-state index in [9.17, 15) is 9.59 Å². The van der Waals surface area contributed by atoms with Gasteiger partial charge in [0.15, 0.2) is 5.82 Å². The smallest absolute Gasteiger partial charge is 0.409 e. The average molecular weight is 296 g/mol. The van der Waals surface area contributed by atoms with Crippen LogP contribution in [0.4, 0.5) is 4.79 Å². The lowest BCUT2D eigenvalue weighted by atomic mass is 10.1. The van der Waals surface area contributed by atoms with Gasteiger partial charge in [0.05, 0.1) is 13.0 Å². The summed E-state index contributed by atoms with van der Waals surface area (Å²) in [6, 6.07) is 0.0659. The molecule has 0 aromatic carbocycles. The molecule has 0 atom stereocenters. The van der Waals surface area contributed by atoms with Crippen molar-refractivity contribution in [3.63, 3.8) is 0 Å². The van der Waals surface area contributed by atoms with Gasteiger partial charge >= 0.3 is 6.09 Å². The maximum absolute atomic E-state index is 11.9. The number of carbonyl (C=O) groups excluding carboxylic acids is 2. The minimum Gasteiger partial charge on any atom is -0.450 e. The van der Waals surface area contributed by atoms with Gasteiger partial charge in [-0.2, -0.15) is 4.98 Å². The van der Waals surface area contributed by atoms with E-state index in [1.165, 1.54) is 0 Å². The van der Waals surface area contributed by atoms with E-state index >= 15 is 0 Å². The van der Waals surface area contributed by atoms with Crippen LogP contribution in [0.25, 0.3) is 0 Å². The van der Waals surface area contributed by atoms with Gasteiger partial charge in [0, 0.05) is 26.1 Å². The van der Waals surface area contributed by atoms with Crippen molar-refractivity contribution >= 4 is 12.0 Å². The molecular weight excluding hydrogens is 276 g/mol. The molecule has 0 saturated carbocycles. The maximum Gasteiger partial charge on any atom is 0.409 e. The van der Waals surface area contributed by atoms with Gasteiger partial charge in [0.1, 0.15) is 0 Å². The standard InChI is InChI=1S/C13H20N4O4/c1-3-20-13(19)17-6-4-10(5-7-17)15-12(18)8-11-14-9(2)21-16-11/h10H,3-8H2,1-2H3,(H,15,18). The van der Waals surface area contributed by atoms with Gasteiger partial charge in [-0.15, -0.1) is 0 Å². The lowest BCUT2D eigenvalue weighted by Gasteiger charge is -2.31. The first-order chi connectivity index (χ1) is 10.1. The second kappa shape index (κ2) is 7.05. The van der Waals surface area contributed by atoms with E-state index in [-0.39, 0.29) is 24.5 Å². The molecule has 1 fully saturated rings. The maximum atomic E-state index is 11.9. The summed E-state index contributed by atoms with van der Waals surface area (Å²) in [5.41, 5.74) is 0. The summed E-state index contributed by atoms with van der Waals surface area (Å²) in [7, 11) is 0. The van der Waals surface area contributed by atoms with Gasteiger partial charge in [-0.25, -0.2) is 4.79 Å². The molecule has 0 spiro atoms. The van der Waals surface area contributed by atoms with Crippen molar-refractivity contribution in [2.75, 3.05) is 19.7 Å². The predicted molar refractivity (Wildman–Crippen MR) is 72.5 cm³/mol. The quantitative estimate of drug-likeness (QED) is 0.876. The zero-order chi connectivity index (χ0) is 15.2. The molecule has 1 aromatic rings. The topological polar surface area (TPSA) is 97.6 Å². The number of rotatable bonds is 4. The van der Waals surface area contributed by atoms with Crippen molar-refractivity contribution in [1.82, 2.24) is 20.4 Å². The number of piperidine rings is 1. The first kappa shape index (κ1) is 15.3. The van der Waals surface area contributed by atoms with Crippen LogP contribution in [0.5, 0.6) is 0 Å². The number of aryl methyl sites for hydroxylation is 1. The summed E-state index contributed by atoms with van der Waals surface area (Å²) in [6.45, 7) is 5.01.